The molecule has 1 unspecified atom stereocenters. The summed E-state index contributed by atoms with van der Waals surface area (Å²) in [7, 11) is 0. The van der Waals surface area contributed by atoms with Gasteiger partial charge in [-0.2, -0.15) is 0 Å². The summed E-state index contributed by atoms with van der Waals surface area (Å²) in [5, 5.41) is 80.8. The molecule has 4 aliphatic heterocycles. The third-order valence-corrected chi connectivity index (χ3v) is 9.87. The maximum Gasteiger partial charge on any atom is 0.254 e. The number of amides is 1. The van der Waals surface area contributed by atoms with E-state index in [1.54, 1.807) is 0 Å². The molecule has 5 fully saturated rings. The van der Waals surface area contributed by atoms with Crippen LogP contribution < -0.4 is 33.2 Å². The first-order chi connectivity index (χ1) is 23.4. The Kier molecular flexibility index (Phi) is 13.6. The van der Waals surface area contributed by atoms with E-state index in [1.807, 2.05) is 0 Å². The topological polar surface area (TPSA) is 328 Å². The van der Waals surface area contributed by atoms with Crippen LogP contribution in [0, 0.1) is 0 Å². The molecule has 5 aliphatic rings. The van der Waals surface area contributed by atoms with Gasteiger partial charge in [0.2, 0.25) is 0 Å². The van der Waals surface area contributed by atoms with Crippen LogP contribution in [0.15, 0.2) is 0 Å². The van der Waals surface area contributed by atoms with E-state index in [-0.39, 0.29) is 65.0 Å². The van der Waals surface area contributed by atoms with Gasteiger partial charge in [0, 0.05) is 51.6 Å². The minimum absolute atomic E-state index is 0.0268. The molecule has 1 aliphatic carbocycles. The van der Waals surface area contributed by atoms with E-state index >= 15 is 0 Å². The predicted octanol–water partition coefficient (Wildman–Crippen LogP) is -7.66. The van der Waals surface area contributed by atoms with Gasteiger partial charge >= 0.3 is 0 Å². The van der Waals surface area contributed by atoms with E-state index in [1.165, 1.54) is 0 Å². The number of hydrogen-bond donors (Lipinski definition) is 13. The number of nitrogens with one attached hydrogen (secondary N) is 3. The van der Waals surface area contributed by atoms with Crippen molar-refractivity contribution < 1.29 is 69.0 Å². The molecule has 0 aromatic carbocycles. The van der Waals surface area contributed by atoms with Crippen LogP contribution in [0.25, 0.3) is 0 Å². The number of nitrogens with two attached hydrogens (primary N) is 3. The predicted molar refractivity (Wildman–Crippen MR) is 165 cm³/mol. The lowest BCUT2D eigenvalue weighted by Gasteiger charge is -2.47. The van der Waals surface area contributed by atoms with Crippen molar-refractivity contribution in [2.24, 2.45) is 17.2 Å². The second-order valence-corrected chi connectivity index (χ2v) is 13.6. The number of carbonyl (C=O) groups is 1. The van der Waals surface area contributed by atoms with Crippen LogP contribution in [0.5, 0.6) is 0 Å². The zero-order chi connectivity index (χ0) is 35.5. The standard InChI is InChI=1S/C29H54N6O14/c30-7-18-24(41)16(39)5-21(45-18)44-17-6-22(46-20(17)9-37)48-26-23(40)14(35-28(42)29(43)10-34-11-29)3-12(31)25(26)49-27-13(32)4-15(38)19(47-27)8-33-1-2-36/h12-27,33-34,36-41,43H,1-11,30-32H2,(H,35,42)/t12-,13+,14+,15?,16+,17-,18-,19+,20+,21-,22-,23-,24-,25+,26+,27+/m0/s1. The molecular formula is C29H54N6O14. The van der Waals surface area contributed by atoms with Gasteiger partial charge in [0.05, 0.1) is 49.7 Å². The summed E-state index contributed by atoms with van der Waals surface area (Å²) in [5.41, 5.74) is 16.9. The third-order valence-electron chi connectivity index (χ3n) is 9.87. The molecule has 0 aromatic rings. The highest BCUT2D eigenvalue weighted by Crippen LogP contribution is 2.34. The van der Waals surface area contributed by atoms with Gasteiger partial charge in [0.25, 0.3) is 5.91 Å². The second-order valence-electron chi connectivity index (χ2n) is 13.6. The number of aliphatic hydroxyl groups is 7. The van der Waals surface area contributed by atoms with Crippen molar-refractivity contribution in [3.8, 4) is 0 Å². The first-order valence-corrected chi connectivity index (χ1v) is 16.9. The summed E-state index contributed by atoms with van der Waals surface area (Å²) >= 11 is 0. The van der Waals surface area contributed by atoms with Crippen molar-refractivity contribution in [3.05, 3.63) is 0 Å². The lowest BCUT2D eigenvalue weighted by molar-refractivity contribution is -0.290. The molecule has 0 aromatic heterocycles. The molecule has 49 heavy (non-hydrogen) atoms. The van der Waals surface area contributed by atoms with Crippen LogP contribution in [-0.4, -0.2) is 191 Å². The molecule has 0 bridgehead atoms. The van der Waals surface area contributed by atoms with Crippen LogP contribution in [0.3, 0.4) is 0 Å². The number of β-amino-alcohol motifs (C(OH)–C–C–N with tert-alkyl or cyclic N) is 1. The molecule has 4 heterocycles. The van der Waals surface area contributed by atoms with E-state index in [4.69, 9.17) is 50.7 Å². The zero-order valence-corrected chi connectivity index (χ0v) is 27.2. The fraction of sp³-hybridized carbons (Fsp3) is 0.966. The van der Waals surface area contributed by atoms with Gasteiger partial charge in [-0.1, -0.05) is 0 Å². The lowest BCUT2D eigenvalue weighted by atomic mass is 9.83. The number of aliphatic hydroxyl groups excluding tert-OH is 6. The first kappa shape index (κ1) is 39.0. The van der Waals surface area contributed by atoms with Crippen LogP contribution in [-0.2, 0) is 33.2 Å². The Morgan fingerprint density at radius 2 is 1.55 bits per heavy atom. The Morgan fingerprint density at radius 3 is 2.20 bits per heavy atom. The molecule has 5 rings (SSSR count). The van der Waals surface area contributed by atoms with Gasteiger partial charge in [-0.3, -0.25) is 4.79 Å². The zero-order valence-electron chi connectivity index (χ0n) is 27.2. The maximum absolute atomic E-state index is 12.9. The van der Waals surface area contributed by atoms with Crippen molar-refractivity contribution in [1.82, 2.24) is 16.0 Å². The second kappa shape index (κ2) is 17.1. The normalized spacial score (nSPS) is 45.5. The molecular weight excluding hydrogens is 656 g/mol. The molecule has 0 radical (unpaired) electrons. The Balaban J connectivity index is 1.30. The van der Waals surface area contributed by atoms with Gasteiger partial charge in [-0.15, -0.1) is 0 Å². The number of rotatable bonds is 14. The van der Waals surface area contributed by atoms with E-state index in [0.717, 1.165) is 0 Å². The first-order valence-electron chi connectivity index (χ1n) is 16.9. The summed E-state index contributed by atoms with van der Waals surface area (Å²) in [4.78, 5) is 12.9. The molecule has 0 spiro atoms. The fourth-order valence-corrected chi connectivity index (χ4v) is 6.88. The van der Waals surface area contributed by atoms with Crippen LogP contribution in [0.1, 0.15) is 25.7 Å². The summed E-state index contributed by atoms with van der Waals surface area (Å²) in [6, 6.07) is -2.61. The molecule has 4 saturated heterocycles. The van der Waals surface area contributed by atoms with Crippen molar-refractivity contribution >= 4 is 5.91 Å². The summed E-state index contributed by atoms with van der Waals surface area (Å²) in [6.45, 7) is -0.0744. The van der Waals surface area contributed by atoms with Gasteiger partial charge in [-0.05, 0) is 12.8 Å². The van der Waals surface area contributed by atoms with Crippen molar-refractivity contribution in [2.45, 2.75) is 129 Å². The molecule has 16 N–H and O–H groups in total. The smallest absolute Gasteiger partial charge is 0.254 e. The largest absolute Gasteiger partial charge is 0.395 e. The van der Waals surface area contributed by atoms with Gasteiger partial charge in [0.15, 0.2) is 24.5 Å². The lowest BCUT2D eigenvalue weighted by Crippen LogP contribution is -2.71. The molecule has 20 heteroatoms. The van der Waals surface area contributed by atoms with Crippen molar-refractivity contribution in [1.29, 1.82) is 0 Å². The van der Waals surface area contributed by atoms with Crippen molar-refractivity contribution in [3.63, 3.8) is 0 Å². The Labute approximate surface area is 283 Å². The summed E-state index contributed by atoms with van der Waals surface area (Å²) in [5.74, 6) is -0.688. The fourth-order valence-electron chi connectivity index (χ4n) is 6.88. The third kappa shape index (κ3) is 9.04. The Morgan fingerprint density at radius 1 is 0.837 bits per heavy atom. The highest BCUT2D eigenvalue weighted by Gasteiger charge is 2.52. The Hall–Kier alpha value is -1.25. The number of carbonyl (C=O) groups excluding carboxylic acids is 1. The molecule has 1 amide bonds. The average Bonchev–Trinajstić information content (AvgIpc) is 3.44. The summed E-state index contributed by atoms with van der Waals surface area (Å²) in [6.07, 6.45) is -13.3. The molecule has 284 valence electrons. The Bertz CT molecular complexity index is 1070. The average molecular weight is 711 g/mol. The highest BCUT2D eigenvalue weighted by atomic mass is 16.7. The molecule has 16 atom stereocenters. The van der Waals surface area contributed by atoms with Crippen LogP contribution >= 0.6 is 0 Å². The maximum atomic E-state index is 12.9. The monoisotopic (exact) mass is 710 g/mol. The van der Waals surface area contributed by atoms with E-state index < -0.39 is 116 Å². The van der Waals surface area contributed by atoms with Crippen LogP contribution in [0.2, 0.25) is 0 Å². The highest BCUT2D eigenvalue weighted by molar-refractivity contribution is 5.87. The van der Waals surface area contributed by atoms with Crippen LogP contribution in [0.4, 0.5) is 0 Å². The van der Waals surface area contributed by atoms with E-state index in [9.17, 15) is 35.4 Å². The SMILES string of the molecule is NC[C@@H]1O[C@H](O[C@H]2C[C@H](O[C@@H]3[C@@H](O)[C@H](NC(=O)C4(O)CNC4)C[C@H](N)[C@H]3O[C@H]3O[C@H](CNCCO)C(O)C[C@H]3N)O[C@@H]2CO)C[C@@H](O)[C@@H]1O. The van der Waals surface area contributed by atoms with Gasteiger partial charge < -0.3 is 97.3 Å². The van der Waals surface area contributed by atoms with Gasteiger partial charge in [0.1, 0.15) is 36.6 Å². The van der Waals surface area contributed by atoms with Crippen molar-refractivity contribution in [2.75, 3.05) is 45.9 Å². The minimum Gasteiger partial charge on any atom is -0.395 e. The summed E-state index contributed by atoms with van der Waals surface area (Å²) < 4.78 is 36.3. The minimum atomic E-state index is -1.64. The van der Waals surface area contributed by atoms with Gasteiger partial charge in [-0.25, -0.2) is 0 Å². The van der Waals surface area contributed by atoms with E-state index in [2.05, 4.69) is 16.0 Å². The quantitative estimate of drug-likeness (QED) is 0.0744. The molecule has 1 saturated carbocycles. The number of hydrogen-bond acceptors (Lipinski definition) is 19. The molecule has 20 nitrogen and oxygen atoms in total. The number of ether oxygens (including phenoxy) is 6. The van der Waals surface area contributed by atoms with E-state index in [0.29, 0.717) is 0 Å².